The van der Waals surface area contributed by atoms with Gasteiger partial charge >= 0.3 is 0 Å². The van der Waals surface area contributed by atoms with Gasteiger partial charge in [0.1, 0.15) is 0 Å². The van der Waals surface area contributed by atoms with Gasteiger partial charge < -0.3 is 15.2 Å². The Balaban J connectivity index is 1.55. The van der Waals surface area contributed by atoms with Crippen LogP contribution in [-0.2, 0) is 11.3 Å². The Bertz CT molecular complexity index is 902. The van der Waals surface area contributed by atoms with E-state index in [-0.39, 0.29) is 17.5 Å². The third kappa shape index (κ3) is 5.04. The van der Waals surface area contributed by atoms with Crippen molar-refractivity contribution in [2.75, 3.05) is 5.32 Å². The molecule has 0 aliphatic heterocycles. The minimum atomic E-state index is -0.304. The number of anilines is 1. The molecular weight excluding hydrogens is 342 g/mol. The van der Waals surface area contributed by atoms with Crippen molar-refractivity contribution in [2.24, 2.45) is 0 Å². The number of amides is 2. The maximum atomic E-state index is 12.3. The number of rotatable bonds is 7. The number of carbonyl (C=O) groups excluding carboxylic acids is 2. The molecule has 0 bridgehead atoms. The summed E-state index contributed by atoms with van der Waals surface area (Å²) in [6.07, 6.45) is 1.31. The van der Waals surface area contributed by atoms with Crippen molar-refractivity contribution in [1.82, 2.24) is 10.5 Å². The van der Waals surface area contributed by atoms with Gasteiger partial charge in [-0.15, -0.1) is 0 Å². The molecule has 3 rings (SSSR count). The Kier molecular flexibility index (Phi) is 5.99. The normalized spacial score (nSPS) is 10.4. The van der Waals surface area contributed by atoms with E-state index in [1.54, 1.807) is 6.07 Å². The first-order valence-electron chi connectivity index (χ1n) is 8.85. The fourth-order valence-corrected chi connectivity index (χ4v) is 2.55. The second-order valence-electron chi connectivity index (χ2n) is 6.12. The molecule has 27 heavy (non-hydrogen) atoms. The SMILES string of the molecule is CCCC(=O)Nc1ccc(CNC(=O)c2cc(-c3ccccc3)on2)cc1. The fraction of sp³-hybridized carbons (Fsp3) is 0.190. The zero-order valence-corrected chi connectivity index (χ0v) is 15.1. The first kappa shape index (κ1) is 18.4. The van der Waals surface area contributed by atoms with Crippen LogP contribution in [0.15, 0.2) is 65.2 Å². The second-order valence-corrected chi connectivity index (χ2v) is 6.12. The number of nitrogens with one attached hydrogen (secondary N) is 2. The maximum Gasteiger partial charge on any atom is 0.273 e. The summed E-state index contributed by atoms with van der Waals surface area (Å²) in [5.41, 5.74) is 2.76. The van der Waals surface area contributed by atoms with E-state index in [0.717, 1.165) is 23.2 Å². The van der Waals surface area contributed by atoms with Crippen molar-refractivity contribution in [2.45, 2.75) is 26.3 Å². The molecule has 0 radical (unpaired) electrons. The molecule has 2 amide bonds. The molecule has 0 atom stereocenters. The highest BCUT2D eigenvalue weighted by Gasteiger charge is 2.13. The number of aromatic nitrogens is 1. The van der Waals surface area contributed by atoms with Crippen LogP contribution in [0.4, 0.5) is 5.69 Å². The first-order valence-corrected chi connectivity index (χ1v) is 8.85. The molecule has 0 saturated carbocycles. The van der Waals surface area contributed by atoms with Crippen LogP contribution in [0.3, 0.4) is 0 Å². The number of carbonyl (C=O) groups is 2. The molecule has 6 heteroatoms. The van der Waals surface area contributed by atoms with Crippen LogP contribution in [0.2, 0.25) is 0 Å². The van der Waals surface area contributed by atoms with Gasteiger partial charge in [0.2, 0.25) is 5.91 Å². The summed E-state index contributed by atoms with van der Waals surface area (Å²) in [5.74, 6) is 0.244. The number of benzene rings is 2. The second kappa shape index (κ2) is 8.80. The molecule has 0 fully saturated rings. The molecular formula is C21H21N3O3. The number of hydrogen-bond donors (Lipinski definition) is 2. The summed E-state index contributed by atoms with van der Waals surface area (Å²) < 4.78 is 5.25. The highest BCUT2D eigenvalue weighted by atomic mass is 16.5. The zero-order valence-electron chi connectivity index (χ0n) is 15.1. The zero-order chi connectivity index (χ0) is 19.1. The van der Waals surface area contributed by atoms with Gasteiger partial charge in [-0.05, 0) is 24.1 Å². The molecule has 6 nitrogen and oxygen atoms in total. The Morgan fingerprint density at radius 2 is 1.78 bits per heavy atom. The van der Waals surface area contributed by atoms with E-state index < -0.39 is 0 Å². The lowest BCUT2D eigenvalue weighted by Gasteiger charge is -2.06. The number of nitrogens with zero attached hydrogens (tertiary/aromatic N) is 1. The largest absolute Gasteiger partial charge is 0.355 e. The molecule has 2 aromatic carbocycles. The van der Waals surface area contributed by atoms with E-state index in [1.807, 2.05) is 61.5 Å². The Morgan fingerprint density at radius 3 is 2.48 bits per heavy atom. The van der Waals surface area contributed by atoms with Crippen molar-refractivity contribution in [1.29, 1.82) is 0 Å². The van der Waals surface area contributed by atoms with Crippen LogP contribution in [0, 0.1) is 0 Å². The van der Waals surface area contributed by atoms with Gasteiger partial charge in [-0.25, -0.2) is 0 Å². The third-order valence-electron chi connectivity index (χ3n) is 3.97. The lowest BCUT2D eigenvalue weighted by Crippen LogP contribution is -2.23. The van der Waals surface area contributed by atoms with Gasteiger partial charge in [-0.1, -0.05) is 54.5 Å². The maximum absolute atomic E-state index is 12.3. The van der Waals surface area contributed by atoms with Crippen LogP contribution < -0.4 is 10.6 Å². The highest BCUT2D eigenvalue weighted by Crippen LogP contribution is 2.19. The summed E-state index contributed by atoms with van der Waals surface area (Å²) in [6, 6.07) is 18.5. The smallest absolute Gasteiger partial charge is 0.273 e. The fourth-order valence-electron chi connectivity index (χ4n) is 2.55. The molecule has 138 valence electrons. The van der Waals surface area contributed by atoms with Gasteiger partial charge in [0, 0.05) is 30.3 Å². The van der Waals surface area contributed by atoms with Gasteiger partial charge in [0.05, 0.1) is 0 Å². The van der Waals surface area contributed by atoms with Crippen molar-refractivity contribution in [3.05, 3.63) is 71.9 Å². The van der Waals surface area contributed by atoms with Crippen LogP contribution >= 0.6 is 0 Å². The third-order valence-corrected chi connectivity index (χ3v) is 3.97. The quantitative estimate of drug-likeness (QED) is 0.664. The molecule has 1 heterocycles. The molecule has 0 saturated heterocycles. The molecule has 1 aromatic heterocycles. The van der Waals surface area contributed by atoms with Gasteiger partial charge in [0.15, 0.2) is 11.5 Å². The van der Waals surface area contributed by atoms with Crippen LogP contribution in [0.5, 0.6) is 0 Å². The predicted octanol–water partition coefficient (Wildman–Crippen LogP) is 4.01. The summed E-state index contributed by atoms with van der Waals surface area (Å²) in [5, 5.41) is 9.48. The molecule has 0 aliphatic carbocycles. The van der Waals surface area contributed by atoms with E-state index in [2.05, 4.69) is 15.8 Å². The highest BCUT2D eigenvalue weighted by molar-refractivity contribution is 5.93. The van der Waals surface area contributed by atoms with Crippen LogP contribution in [0.1, 0.15) is 35.8 Å². The van der Waals surface area contributed by atoms with E-state index in [1.165, 1.54) is 0 Å². The van der Waals surface area contributed by atoms with Crippen molar-refractivity contribution in [3.8, 4) is 11.3 Å². The van der Waals surface area contributed by atoms with Gasteiger partial charge in [-0.3, -0.25) is 9.59 Å². The molecule has 0 spiro atoms. The average Bonchev–Trinajstić information content (AvgIpc) is 3.18. The first-order chi connectivity index (χ1) is 13.2. The van der Waals surface area contributed by atoms with Gasteiger partial charge in [-0.2, -0.15) is 0 Å². The Labute approximate surface area is 157 Å². The molecule has 3 aromatic rings. The Morgan fingerprint density at radius 1 is 1.04 bits per heavy atom. The van der Waals surface area contributed by atoms with E-state index in [0.29, 0.717) is 18.7 Å². The van der Waals surface area contributed by atoms with E-state index >= 15 is 0 Å². The Hall–Kier alpha value is -3.41. The lowest BCUT2D eigenvalue weighted by molar-refractivity contribution is -0.116. The monoisotopic (exact) mass is 363 g/mol. The minimum absolute atomic E-state index is 0.00111. The standard InChI is InChI=1S/C21H21N3O3/c1-2-6-20(25)23-17-11-9-15(10-12-17)14-22-21(26)18-13-19(27-24-18)16-7-4-3-5-8-16/h3-5,7-13H,2,6,14H2,1H3,(H,22,26)(H,23,25). The van der Waals surface area contributed by atoms with Crippen molar-refractivity contribution in [3.63, 3.8) is 0 Å². The number of hydrogen-bond acceptors (Lipinski definition) is 4. The van der Waals surface area contributed by atoms with E-state index in [4.69, 9.17) is 4.52 Å². The molecule has 0 aliphatic rings. The molecule has 2 N–H and O–H groups in total. The predicted molar refractivity (Wildman–Crippen MR) is 103 cm³/mol. The van der Waals surface area contributed by atoms with Crippen molar-refractivity contribution >= 4 is 17.5 Å². The van der Waals surface area contributed by atoms with Crippen LogP contribution in [-0.4, -0.2) is 17.0 Å². The minimum Gasteiger partial charge on any atom is -0.355 e. The lowest BCUT2D eigenvalue weighted by atomic mass is 10.1. The topological polar surface area (TPSA) is 84.2 Å². The summed E-state index contributed by atoms with van der Waals surface area (Å²) >= 11 is 0. The van der Waals surface area contributed by atoms with Crippen molar-refractivity contribution < 1.29 is 14.1 Å². The van der Waals surface area contributed by atoms with Gasteiger partial charge in [0.25, 0.3) is 5.91 Å². The average molecular weight is 363 g/mol. The summed E-state index contributed by atoms with van der Waals surface area (Å²) in [6.45, 7) is 2.32. The summed E-state index contributed by atoms with van der Waals surface area (Å²) in [4.78, 5) is 23.8. The van der Waals surface area contributed by atoms with Crippen LogP contribution in [0.25, 0.3) is 11.3 Å². The molecule has 0 unspecified atom stereocenters. The van der Waals surface area contributed by atoms with E-state index in [9.17, 15) is 9.59 Å². The summed E-state index contributed by atoms with van der Waals surface area (Å²) in [7, 11) is 0.